The van der Waals surface area contributed by atoms with Crippen LogP contribution in [0.3, 0.4) is 0 Å². The van der Waals surface area contributed by atoms with E-state index in [9.17, 15) is 26.7 Å². The van der Waals surface area contributed by atoms with Gasteiger partial charge in [-0.05, 0) is 38.0 Å². The molecule has 0 saturated carbocycles. The molecule has 1 unspecified atom stereocenters. The van der Waals surface area contributed by atoms with Crippen LogP contribution in [0.15, 0.2) is 34.8 Å². The summed E-state index contributed by atoms with van der Waals surface area (Å²) in [6.07, 6.45) is -2.61. The van der Waals surface area contributed by atoms with Crippen molar-refractivity contribution in [3.63, 3.8) is 0 Å². The van der Waals surface area contributed by atoms with Crippen molar-refractivity contribution in [2.24, 2.45) is 5.16 Å². The summed E-state index contributed by atoms with van der Waals surface area (Å²) in [4.78, 5) is 24.6. The zero-order valence-corrected chi connectivity index (χ0v) is 22.3. The van der Waals surface area contributed by atoms with Crippen molar-refractivity contribution >= 4 is 23.0 Å². The number of likely N-dealkylation sites (tertiary alicyclic amines) is 1. The zero-order chi connectivity index (χ0) is 28.4. The van der Waals surface area contributed by atoms with E-state index < -0.39 is 29.3 Å². The first-order valence-corrected chi connectivity index (χ1v) is 13.6. The molecule has 1 fully saturated rings. The summed E-state index contributed by atoms with van der Waals surface area (Å²) in [5.74, 6) is -2.06. The molecule has 0 N–H and O–H groups in total. The van der Waals surface area contributed by atoms with Crippen molar-refractivity contribution in [1.82, 2.24) is 19.7 Å². The fourth-order valence-electron chi connectivity index (χ4n) is 4.67. The average molecular weight is 584 g/mol. The van der Waals surface area contributed by atoms with Crippen molar-refractivity contribution in [3.8, 4) is 5.75 Å². The van der Waals surface area contributed by atoms with E-state index in [1.807, 2.05) is 5.38 Å². The maximum absolute atomic E-state index is 13.7. The van der Waals surface area contributed by atoms with Crippen LogP contribution in [0, 0.1) is 18.6 Å². The molecule has 1 saturated heterocycles. The number of piperidine rings is 1. The van der Waals surface area contributed by atoms with Gasteiger partial charge >= 0.3 is 6.18 Å². The molecule has 0 spiro atoms. The van der Waals surface area contributed by atoms with Gasteiger partial charge in [-0.1, -0.05) is 11.2 Å². The van der Waals surface area contributed by atoms with Gasteiger partial charge in [0, 0.05) is 42.9 Å². The topological polar surface area (TPSA) is 81.8 Å². The highest BCUT2D eigenvalue weighted by molar-refractivity contribution is 7.10. The molecule has 14 heteroatoms. The zero-order valence-electron chi connectivity index (χ0n) is 21.5. The van der Waals surface area contributed by atoms with Crippen LogP contribution in [0.5, 0.6) is 5.75 Å². The Bertz CT molecular complexity index is 1380. The van der Waals surface area contributed by atoms with Gasteiger partial charge in [0.15, 0.2) is 23.1 Å². The monoisotopic (exact) mass is 583 g/mol. The Morgan fingerprint density at radius 3 is 2.60 bits per heavy atom. The number of oxime groups is 1. The van der Waals surface area contributed by atoms with E-state index in [0.29, 0.717) is 50.2 Å². The van der Waals surface area contributed by atoms with Crippen molar-refractivity contribution < 1.29 is 36.3 Å². The fraction of sp³-hybridized carbons (Fsp3) is 0.462. The molecule has 1 atom stereocenters. The van der Waals surface area contributed by atoms with Gasteiger partial charge in [-0.2, -0.15) is 18.3 Å². The van der Waals surface area contributed by atoms with E-state index in [1.165, 1.54) is 24.3 Å². The second-order valence-corrected chi connectivity index (χ2v) is 10.6. The van der Waals surface area contributed by atoms with Crippen LogP contribution in [0.4, 0.5) is 22.0 Å². The van der Waals surface area contributed by atoms with E-state index in [0.717, 1.165) is 27.9 Å². The quantitative estimate of drug-likeness (QED) is 0.336. The number of aryl methyl sites for hydroxylation is 1. The summed E-state index contributed by atoms with van der Waals surface area (Å²) >= 11 is 1.50. The second kappa shape index (κ2) is 11.5. The van der Waals surface area contributed by atoms with E-state index in [4.69, 9.17) is 14.6 Å². The number of halogens is 5. The number of hydrogen-bond donors (Lipinski definition) is 0. The van der Waals surface area contributed by atoms with Crippen LogP contribution >= 0.6 is 11.3 Å². The predicted octanol–water partition coefficient (Wildman–Crippen LogP) is 5.31. The standard InChI is InChI=1S/C26H26F5N5O3S/c1-15-11-22(26(29,30)31)33-36(15)13-23(37)35-8-5-16(6-9-35)25-32-21(14-40-25)20-12-17(39-34-20)7-10-38-24-18(27)3-2-4-19(24)28/h2-4,11,14,16-17H,5-10,12-13H2,1H3. The number of carbonyl (C=O) groups is 1. The smallest absolute Gasteiger partial charge is 0.435 e. The van der Waals surface area contributed by atoms with E-state index in [1.54, 1.807) is 4.90 Å². The molecular formula is C26H26F5N5O3S. The molecule has 2 aliphatic rings. The molecule has 1 aromatic carbocycles. The first-order chi connectivity index (χ1) is 19.1. The van der Waals surface area contributed by atoms with Gasteiger partial charge in [-0.25, -0.2) is 13.8 Å². The van der Waals surface area contributed by atoms with Gasteiger partial charge in [-0.15, -0.1) is 11.3 Å². The van der Waals surface area contributed by atoms with Crippen molar-refractivity contribution in [2.45, 2.75) is 57.3 Å². The largest absolute Gasteiger partial charge is 0.487 e. The lowest BCUT2D eigenvalue weighted by molar-refractivity contribution is -0.142. The molecule has 214 valence electrons. The molecule has 2 aromatic heterocycles. The third kappa shape index (κ3) is 6.26. The molecule has 4 heterocycles. The summed E-state index contributed by atoms with van der Waals surface area (Å²) in [7, 11) is 0. The highest BCUT2D eigenvalue weighted by Crippen LogP contribution is 2.32. The number of amides is 1. The number of benzene rings is 1. The van der Waals surface area contributed by atoms with Crippen LogP contribution in [-0.4, -0.2) is 57.1 Å². The summed E-state index contributed by atoms with van der Waals surface area (Å²) < 4.78 is 72.5. The Morgan fingerprint density at radius 1 is 1.20 bits per heavy atom. The van der Waals surface area contributed by atoms with Gasteiger partial charge in [0.05, 0.1) is 17.3 Å². The molecule has 8 nitrogen and oxygen atoms in total. The molecule has 0 bridgehead atoms. The molecule has 0 aliphatic carbocycles. The lowest BCUT2D eigenvalue weighted by Gasteiger charge is -2.31. The molecule has 3 aromatic rings. The van der Waals surface area contributed by atoms with Gasteiger partial charge < -0.3 is 14.5 Å². The van der Waals surface area contributed by atoms with Gasteiger partial charge in [0.2, 0.25) is 5.91 Å². The number of aromatic nitrogens is 3. The SMILES string of the molecule is Cc1cc(C(F)(F)F)nn1CC(=O)N1CCC(c2nc(C3=NOC(CCOc4c(F)cccc4F)C3)cs2)CC1. The average Bonchev–Trinajstić information content (AvgIpc) is 3.66. The number of nitrogens with zero attached hydrogens (tertiary/aromatic N) is 5. The fourth-order valence-corrected chi connectivity index (χ4v) is 5.67. The maximum Gasteiger partial charge on any atom is 0.435 e. The van der Waals surface area contributed by atoms with Crippen LogP contribution in [0.1, 0.15) is 53.7 Å². The maximum atomic E-state index is 13.7. The van der Waals surface area contributed by atoms with Crippen LogP contribution < -0.4 is 4.74 Å². The van der Waals surface area contributed by atoms with Crippen molar-refractivity contribution in [3.05, 3.63) is 63.4 Å². The highest BCUT2D eigenvalue weighted by Gasteiger charge is 2.35. The Morgan fingerprint density at radius 2 is 1.93 bits per heavy atom. The number of para-hydroxylation sites is 1. The van der Waals surface area contributed by atoms with Crippen molar-refractivity contribution in [2.75, 3.05) is 19.7 Å². The van der Waals surface area contributed by atoms with Crippen LogP contribution in [0.25, 0.3) is 0 Å². The molecule has 40 heavy (non-hydrogen) atoms. The molecular weight excluding hydrogens is 557 g/mol. The van der Waals surface area contributed by atoms with Gasteiger partial charge in [-0.3, -0.25) is 9.48 Å². The molecule has 5 rings (SSSR count). The number of thiazole rings is 1. The predicted molar refractivity (Wildman–Crippen MR) is 135 cm³/mol. The van der Waals surface area contributed by atoms with Crippen molar-refractivity contribution in [1.29, 1.82) is 0 Å². The normalized spacial score (nSPS) is 18.1. The third-order valence-corrected chi connectivity index (χ3v) is 7.92. The summed E-state index contributed by atoms with van der Waals surface area (Å²) in [5, 5.41) is 10.5. The third-order valence-electron chi connectivity index (χ3n) is 6.91. The lowest BCUT2D eigenvalue weighted by atomic mass is 9.97. The molecule has 0 radical (unpaired) electrons. The number of ether oxygens (including phenoxy) is 1. The van der Waals surface area contributed by atoms with Crippen LogP contribution in [-0.2, 0) is 22.4 Å². The van der Waals surface area contributed by atoms with Gasteiger partial charge in [0.25, 0.3) is 0 Å². The van der Waals surface area contributed by atoms with Crippen LogP contribution in [0.2, 0.25) is 0 Å². The van der Waals surface area contributed by atoms with E-state index in [-0.39, 0.29) is 36.8 Å². The minimum atomic E-state index is -4.56. The lowest BCUT2D eigenvalue weighted by Crippen LogP contribution is -2.40. The number of carbonyl (C=O) groups excluding carboxylic acids is 1. The first-order valence-electron chi connectivity index (χ1n) is 12.7. The molecule has 2 aliphatic heterocycles. The van der Waals surface area contributed by atoms with Gasteiger partial charge in [0.1, 0.15) is 18.4 Å². The number of hydrogen-bond acceptors (Lipinski definition) is 7. The summed E-state index contributed by atoms with van der Waals surface area (Å²) in [6, 6.07) is 4.46. The minimum absolute atomic E-state index is 0.0639. The van der Waals surface area contributed by atoms with E-state index in [2.05, 4.69) is 10.3 Å². The first kappa shape index (κ1) is 28.0. The Labute approximate surface area is 230 Å². The Kier molecular flexibility index (Phi) is 8.06. The second-order valence-electron chi connectivity index (χ2n) is 9.71. The summed E-state index contributed by atoms with van der Waals surface area (Å²) in [6.45, 7) is 2.26. The Balaban J connectivity index is 1.08. The highest BCUT2D eigenvalue weighted by atomic mass is 32.1. The van der Waals surface area contributed by atoms with E-state index >= 15 is 0 Å². The number of alkyl halides is 3. The number of rotatable bonds is 8. The Hall–Kier alpha value is -3.55. The minimum Gasteiger partial charge on any atom is -0.487 e. The summed E-state index contributed by atoms with van der Waals surface area (Å²) in [5.41, 5.74) is 0.658. The molecule has 1 amide bonds.